The lowest BCUT2D eigenvalue weighted by molar-refractivity contribution is 0.0160. The number of ether oxygens (including phenoxy) is 1. The van der Waals surface area contributed by atoms with E-state index in [4.69, 9.17) is 15.6 Å². The molecule has 16 heavy (non-hydrogen) atoms. The third kappa shape index (κ3) is 4.81. The molecular weight excluding hydrogens is 206 g/mol. The Kier molecular flexibility index (Phi) is 4.56. The van der Waals surface area contributed by atoms with Crippen LogP contribution in [0.2, 0.25) is 0 Å². The highest BCUT2D eigenvalue weighted by Gasteiger charge is 2.24. The van der Waals surface area contributed by atoms with Crippen LogP contribution in [0.1, 0.15) is 33.6 Å². The largest absolute Gasteiger partial charge is 0.394 e. The molecule has 0 saturated carbocycles. The normalized spacial score (nSPS) is 27.1. The van der Waals surface area contributed by atoms with Crippen molar-refractivity contribution in [2.24, 2.45) is 10.7 Å². The van der Waals surface area contributed by atoms with Crippen LogP contribution in [0.4, 0.5) is 0 Å². The van der Waals surface area contributed by atoms with Gasteiger partial charge in [-0.25, -0.2) is 0 Å². The molecule has 94 valence electrons. The number of aliphatic hydroxyl groups excluding tert-OH is 1. The van der Waals surface area contributed by atoms with Crippen LogP contribution in [-0.2, 0) is 4.74 Å². The zero-order chi connectivity index (χ0) is 12.2. The molecule has 0 aromatic carbocycles. The van der Waals surface area contributed by atoms with Crippen LogP contribution in [0.5, 0.6) is 0 Å². The lowest BCUT2D eigenvalue weighted by atomic mass is 10.1. The van der Waals surface area contributed by atoms with Gasteiger partial charge in [-0.2, -0.15) is 0 Å². The summed E-state index contributed by atoms with van der Waals surface area (Å²) in [5.74, 6) is 0.448. The van der Waals surface area contributed by atoms with Gasteiger partial charge in [0.2, 0.25) is 0 Å². The van der Waals surface area contributed by atoms with Gasteiger partial charge in [0.25, 0.3) is 0 Å². The highest BCUT2D eigenvalue weighted by Crippen LogP contribution is 2.19. The molecule has 0 aromatic heterocycles. The number of guanidine groups is 1. The predicted octanol–water partition coefficient (Wildman–Crippen LogP) is 0.229. The molecule has 0 bridgehead atoms. The van der Waals surface area contributed by atoms with Crippen LogP contribution in [0, 0.1) is 0 Å². The number of hydrogen-bond acceptors (Lipinski definition) is 3. The first-order valence-corrected chi connectivity index (χ1v) is 5.75. The van der Waals surface area contributed by atoms with Crippen molar-refractivity contribution in [1.29, 1.82) is 0 Å². The molecule has 0 spiro atoms. The SMILES string of the molecule is CC(C)(C)NC(N)=NC[C@H]1CC[C@@H](CO)O1. The zero-order valence-corrected chi connectivity index (χ0v) is 10.4. The third-order valence-electron chi connectivity index (χ3n) is 2.37. The van der Waals surface area contributed by atoms with Crippen LogP contribution in [0.25, 0.3) is 0 Å². The molecule has 1 aliphatic heterocycles. The molecule has 0 radical (unpaired) electrons. The number of aliphatic imine (C=N–C) groups is 1. The van der Waals surface area contributed by atoms with E-state index in [-0.39, 0.29) is 24.4 Å². The van der Waals surface area contributed by atoms with Crippen molar-refractivity contribution in [3.63, 3.8) is 0 Å². The van der Waals surface area contributed by atoms with E-state index in [2.05, 4.69) is 10.3 Å². The van der Waals surface area contributed by atoms with Crippen molar-refractivity contribution in [3.8, 4) is 0 Å². The van der Waals surface area contributed by atoms with E-state index < -0.39 is 0 Å². The topological polar surface area (TPSA) is 79.9 Å². The molecule has 5 heteroatoms. The number of hydrogen-bond donors (Lipinski definition) is 3. The summed E-state index contributed by atoms with van der Waals surface area (Å²) >= 11 is 0. The van der Waals surface area contributed by atoms with Crippen molar-refractivity contribution in [2.45, 2.75) is 51.4 Å². The average Bonchev–Trinajstić information content (AvgIpc) is 2.59. The van der Waals surface area contributed by atoms with Crippen molar-refractivity contribution in [3.05, 3.63) is 0 Å². The van der Waals surface area contributed by atoms with Gasteiger partial charge in [0, 0.05) is 5.54 Å². The Morgan fingerprint density at radius 1 is 1.44 bits per heavy atom. The van der Waals surface area contributed by atoms with Gasteiger partial charge in [0.1, 0.15) is 0 Å². The van der Waals surface area contributed by atoms with Crippen LogP contribution < -0.4 is 11.1 Å². The van der Waals surface area contributed by atoms with E-state index in [1.54, 1.807) is 0 Å². The summed E-state index contributed by atoms with van der Waals surface area (Å²) in [5.41, 5.74) is 5.67. The third-order valence-corrected chi connectivity index (χ3v) is 2.37. The minimum absolute atomic E-state index is 0.0167. The number of aliphatic hydroxyl groups is 1. The summed E-state index contributed by atoms with van der Waals surface area (Å²) in [6, 6.07) is 0. The molecule has 1 fully saturated rings. The van der Waals surface area contributed by atoms with Crippen LogP contribution in [-0.4, -0.2) is 42.0 Å². The van der Waals surface area contributed by atoms with Gasteiger partial charge >= 0.3 is 0 Å². The molecule has 1 rings (SSSR count). The summed E-state index contributed by atoms with van der Waals surface area (Å²) in [6.45, 7) is 6.75. The van der Waals surface area contributed by atoms with Crippen LogP contribution in [0.3, 0.4) is 0 Å². The van der Waals surface area contributed by atoms with Gasteiger partial charge < -0.3 is 20.9 Å². The second-order valence-electron chi connectivity index (χ2n) is 5.24. The van der Waals surface area contributed by atoms with Crippen LogP contribution >= 0.6 is 0 Å². The monoisotopic (exact) mass is 229 g/mol. The van der Waals surface area contributed by atoms with E-state index in [0.717, 1.165) is 12.8 Å². The van der Waals surface area contributed by atoms with Gasteiger partial charge in [0.05, 0.1) is 25.4 Å². The van der Waals surface area contributed by atoms with Gasteiger partial charge in [-0.3, -0.25) is 4.99 Å². The molecule has 1 aliphatic rings. The molecular formula is C11H23N3O2. The lowest BCUT2D eigenvalue weighted by Crippen LogP contribution is -2.45. The molecule has 0 aromatic rings. The molecule has 0 amide bonds. The first-order valence-electron chi connectivity index (χ1n) is 5.75. The summed E-state index contributed by atoms with van der Waals surface area (Å²) in [5, 5.41) is 12.0. The Labute approximate surface area is 97.1 Å². The molecule has 0 unspecified atom stereocenters. The van der Waals surface area contributed by atoms with Crippen molar-refractivity contribution in [2.75, 3.05) is 13.2 Å². The minimum Gasteiger partial charge on any atom is -0.394 e. The highest BCUT2D eigenvalue weighted by molar-refractivity contribution is 5.78. The smallest absolute Gasteiger partial charge is 0.189 e. The van der Waals surface area contributed by atoms with Crippen molar-refractivity contribution < 1.29 is 9.84 Å². The van der Waals surface area contributed by atoms with Gasteiger partial charge in [0.15, 0.2) is 5.96 Å². The van der Waals surface area contributed by atoms with Crippen LogP contribution in [0.15, 0.2) is 4.99 Å². The summed E-state index contributed by atoms with van der Waals surface area (Å²) in [6.07, 6.45) is 1.93. The zero-order valence-electron chi connectivity index (χ0n) is 10.4. The number of nitrogens with one attached hydrogen (secondary N) is 1. The van der Waals surface area contributed by atoms with E-state index in [1.165, 1.54) is 0 Å². The standard InChI is InChI=1S/C11H23N3O2/c1-11(2,3)14-10(12)13-6-8-4-5-9(7-15)16-8/h8-9,15H,4-7H2,1-3H3,(H3,12,13,14)/t8-,9+/m1/s1. The number of rotatable bonds is 3. The molecule has 0 aliphatic carbocycles. The number of nitrogens with zero attached hydrogens (tertiary/aromatic N) is 1. The quantitative estimate of drug-likeness (QED) is 0.478. The van der Waals surface area contributed by atoms with Gasteiger partial charge in [-0.15, -0.1) is 0 Å². The minimum atomic E-state index is -0.0717. The Hall–Kier alpha value is -0.810. The van der Waals surface area contributed by atoms with E-state index >= 15 is 0 Å². The van der Waals surface area contributed by atoms with Gasteiger partial charge in [-0.05, 0) is 33.6 Å². The summed E-state index contributed by atoms with van der Waals surface area (Å²) in [7, 11) is 0. The predicted molar refractivity (Wildman–Crippen MR) is 64.4 cm³/mol. The fourth-order valence-electron chi connectivity index (χ4n) is 1.67. The Morgan fingerprint density at radius 3 is 2.56 bits per heavy atom. The fraction of sp³-hybridized carbons (Fsp3) is 0.909. The summed E-state index contributed by atoms with van der Waals surface area (Å²) in [4.78, 5) is 4.24. The van der Waals surface area contributed by atoms with Gasteiger partial charge in [-0.1, -0.05) is 0 Å². The Balaban J connectivity index is 2.31. The molecule has 4 N–H and O–H groups in total. The number of nitrogens with two attached hydrogens (primary N) is 1. The summed E-state index contributed by atoms with van der Waals surface area (Å²) < 4.78 is 5.55. The average molecular weight is 229 g/mol. The van der Waals surface area contributed by atoms with Crippen molar-refractivity contribution >= 4 is 5.96 Å². The first kappa shape index (κ1) is 13.3. The lowest BCUT2D eigenvalue weighted by Gasteiger charge is -2.21. The highest BCUT2D eigenvalue weighted by atomic mass is 16.5. The van der Waals surface area contributed by atoms with E-state index in [9.17, 15) is 0 Å². The van der Waals surface area contributed by atoms with Crippen molar-refractivity contribution in [1.82, 2.24) is 5.32 Å². The molecule has 1 heterocycles. The Bertz CT molecular complexity index is 248. The molecule has 1 saturated heterocycles. The maximum absolute atomic E-state index is 8.92. The first-order chi connectivity index (χ1) is 7.40. The Morgan fingerprint density at radius 2 is 2.06 bits per heavy atom. The second-order valence-corrected chi connectivity index (χ2v) is 5.24. The second kappa shape index (κ2) is 5.50. The maximum atomic E-state index is 8.92. The van der Waals surface area contributed by atoms with E-state index in [0.29, 0.717) is 12.5 Å². The molecule has 5 nitrogen and oxygen atoms in total. The molecule has 2 atom stereocenters. The fourth-order valence-corrected chi connectivity index (χ4v) is 1.67. The maximum Gasteiger partial charge on any atom is 0.189 e. The van der Waals surface area contributed by atoms with E-state index in [1.807, 2.05) is 20.8 Å².